The number of nitrogens with one attached hydrogen (secondary N) is 1. The van der Waals surface area contributed by atoms with E-state index in [9.17, 15) is 9.59 Å². The monoisotopic (exact) mass is 326 g/mol. The zero-order valence-corrected chi connectivity index (χ0v) is 14.0. The van der Waals surface area contributed by atoms with Gasteiger partial charge in [-0.25, -0.2) is 4.98 Å². The molecule has 6 heteroatoms. The molecule has 0 saturated heterocycles. The average molecular weight is 326 g/mol. The molecule has 126 valence electrons. The smallest absolute Gasteiger partial charge is 0.222 e. The van der Waals surface area contributed by atoms with Gasteiger partial charge in [0.25, 0.3) is 0 Å². The quantitative estimate of drug-likeness (QED) is 0.927. The lowest BCUT2D eigenvalue weighted by Gasteiger charge is -2.36. The van der Waals surface area contributed by atoms with Crippen LogP contribution in [0.4, 0.5) is 0 Å². The molecule has 2 aromatic rings. The molecule has 0 radical (unpaired) electrons. The van der Waals surface area contributed by atoms with E-state index in [0.29, 0.717) is 13.1 Å². The van der Waals surface area contributed by atoms with Crippen molar-refractivity contribution < 1.29 is 9.59 Å². The van der Waals surface area contributed by atoms with Gasteiger partial charge in [-0.15, -0.1) is 0 Å². The second-order valence-corrected chi connectivity index (χ2v) is 6.15. The van der Waals surface area contributed by atoms with Crippen LogP contribution in [-0.4, -0.2) is 32.8 Å². The zero-order chi connectivity index (χ0) is 17.1. The van der Waals surface area contributed by atoms with Gasteiger partial charge >= 0.3 is 0 Å². The Kier molecular flexibility index (Phi) is 4.64. The van der Waals surface area contributed by atoms with Gasteiger partial charge in [0.15, 0.2) is 0 Å². The summed E-state index contributed by atoms with van der Waals surface area (Å²) in [5.74, 6) is -0.0573. The Morgan fingerprint density at radius 1 is 1.33 bits per heavy atom. The summed E-state index contributed by atoms with van der Waals surface area (Å²) < 4.78 is 1.87. The van der Waals surface area contributed by atoms with Crippen molar-refractivity contribution in [2.45, 2.75) is 32.4 Å². The number of carbonyl (C=O) groups is 2. The number of rotatable bonds is 4. The summed E-state index contributed by atoms with van der Waals surface area (Å²) in [6.07, 6.45) is 4.55. The van der Waals surface area contributed by atoms with Crippen molar-refractivity contribution in [2.75, 3.05) is 6.54 Å². The summed E-state index contributed by atoms with van der Waals surface area (Å²) in [6, 6.07) is 7.86. The molecule has 1 atom stereocenters. The summed E-state index contributed by atoms with van der Waals surface area (Å²) in [5, 5.41) is 2.93. The van der Waals surface area contributed by atoms with Gasteiger partial charge in [-0.1, -0.05) is 24.3 Å². The van der Waals surface area contributed by atoms with Gasteiger partial charge in [0, 0.05) is 26.7 Å². The molecule has 1 aliphatic rings. The van der Waals surface area contributed by atoms with E-state index in [4.69, 9.17) is 0 Å². The van der Waals surface area contributed by atoms with E-state index >= 15 is 0 Å². The third-order valence-corrected chi connectivity index (χ3v) is 4.58. The highest BCUT2D eigenvalue weighted by Crippen LogP contribution is 2.32. The van der Waals surface area contributed by atoms with E-state index < -0.39 is 0 Å². The summed E-state index contributed by atoms with van der Waals surface area (Å²) in [5.41, 5.74) is 3.24. The molecule has 0 spiro atoms. The zero-order valence-electron chi connectivity index (χ0n) is 14.0. The van der Waals surface area contributed by atoms with Crippen molar-refractivity contribution >= 4 is 11.8 Å². The number of benzene rings is 1. The van der Waals surface area contributed by atoms with Crippen molar-refractivity contribution in [3.05, 3.63) is 53.6 Å². The molecule has 2 amide bonds. The van der Waals surface area contributed by atoms with Crippen LogP contribution in [-0.2, 0) is 29.6 Å². The molecule has 3 rings (SSSR count). The fourth-order valence-electron chi connectivity index (χ4n) is 3.24. The maximum absolute atomic E-state index is 12.4. The van der Waals surface area contributed by atoms with E-state index in [-0.39, 0.29) is 24.3 Å². The summed E-state index contributed by atoms with van der Waals surface area (Å²) in [7, 11) is 1.89. The molecular formula is C18H22N4O2. The van der Waals surface area contributed by atoms with E-state index in [0.717, 1.165) is 17.7 Å². The predicted molar refractivity (Wildman–Crippen MR) is 89.9 cm³/mol. The number of fused-ring (bicyclic) bond motifs is 1. The summed E-state index contributed by atoms with van der Waals surface area (Å²) >= 11 is 0. The van der Waals surface area contributed by atoms with Crippen LogP contribution in [0, 0.1) is 0 Å². The molecule has 1 aromatic carbocycles. The Hall–Kier alpha value is -2.63. The highest BCUT2D eigenvalue weighted by atomic mass is 16.2. The molecule has 0 fully saturated rings. The van der Waals surface area contributed by atoms with Crippen LogP contribution in [0.2, 0.25) is 0 Å². The number of aromatic nitrogens is 2. The first-order valence-corrected chi connectivity index (χ1v) is 8.13. The fourth-order valence-corrected chi connectivity index (χ4v) is 3.24. The summed E-state index contributed by atoms with van der Waals surface area (Å²) in [4.78, 5) is 30.2. The molecular weight excluding hydrogens is 304 g/mol. The predicted octanol–water partition coefficient (Wildman–Crippen LogP) is 1.57. The molecule has 1 unspecified atom stereocenters. The molecule has 6 nitrogen and oxygen atoms in total. The summed E-state index contributed by atoms with van der Waals surface area (Å²) in [6.45, 7) is 2.66. The molecule has 0 bridgehead atoms. The van der Waals surface area contributed by atoms with Gasteiger partial charge in [0.2, 0.25) is 11.8 Å². The normalized spacial score (nSPS) is 16.6. The molecule has 24 heavy (non-hydrogen) atoms. The maximum Gasteiger partial charge on any atom is 0.222 e. The van der Waals surface area contributed by atoms with Crippen LogP contribution < -0.4 is 5.32 Å². The van der Waals surface area contributed by atoms with Crippen molar-refractivity contribution in [1.29, 1.82) is 0 Å². The number of amides is 2. The Morgan fingerprint density at radius 2 is 2.12 bits per heavy atom. The van der Waals surface area contributed by atoms with Crippen molar-refractivity contribution in [3.63, 3.8) is 0 Å². The van der Waals surface area contributed by atoms with E-state index in [2.05, 4.69) is 16.4 Å². The minimum atomic E-state index is -0.195. The number of hydrogen-bond acceptors (Lipinski definition) is 3. The van der Waals surface area contributed by atoms with Crippen molar-refractivity contribution in [2.24, 2.45) is 7.05 Å². The van der Waals surface area contributed by atoms with Crippen LogP contribution in [0.1, 0.15) is 36.2 Å². The minimum absolute atomic E-state index is 0.00828. The van der Waals surface area contributed by atoms with Gasteiger partial charge in [-0.3, -0.25) is 9.59 Å². The lowest BCUT2D eigenvalue weighted by molar-refractivity contribution is -0.133. The lowest BCUT2D eigenvalue weighted by Crippen LogP contribution is -2.41. The van der Waals surface area contributed by atoms with E-state index in [1.54, 1.807) is 24.3 Å². The Balaban J connectivity index is 1.72. The first-order chi connectivity index (χ1) is 11.6. The molecule has 2 heterocycles. The largest absolute Gasteiger partial charge is 0.350 e. The minimum Gasteiger partial charge on any atom is -0.350 e. The number of imidazole rings is 1. The average Bonchev–Trinajstić information content (AvgIpc) is 2.98. The van der Waals surface area contributed by atoms with Crippen molar-refractivity contribution in [3.8, 4) is 0 Å². The Bertz CT molecular complexity index is 753. The number of hydrogen-bond donors (Lipinski definition) is 1. The van der Waals surface area contributed by atoms with Gasteiger partial charge in [-0.2, -0.15) is 0 Å². The molecule has 1 N–H and O–H groups in total. The van der Waals surface area contributed by atoms with Gasteiger partial charge in [0.05, 0.1) is 31.0 Å². The molecule has 0 aliphatic carbocycles. The standard InChI is InChI=1S/C18H22N4O2/c1-13(23)22-8-7-14-5-3-4-6-16(14)17(22)9-18(24)20-11-15-10-19-12-21(15)2/h3-6,10,12,17H,7-9,11H2,1-2H3,(H,20,24). The van der Waals surface area contributed by atoms with Gasteiger partial charge in [0.1, 0.15) is 0 Å². The van der Waals surface area contributed by atoms with E-state index in [1.807, 2.05) is 29.8 Å². The third kappa shape index (κ3) is 3.32. The van der Waals surface area contributed by atoms with E-state index in [1.165, 1.54) is 5.56 Å². The topological polar surface area (TPSA) is 67.2 Å². The number of aryl methyl sites for hydroxylation is 1. The van der Waals surface area contributed by atoms with Gasteiger partial charge in [-0.05, 0) is 17.5 Å². The Labute approximate surface area is 141 Å². The fraction of sp³-hybridized carbons (Fsp3) is 0.389. The molecule has 1 aromatic heterocycles. The first kappa shape index (κ1) is 16.2. The first-order valence-electron chi connectivity index (χ1n) is 8.13. The van der Waals surface area contributed by atoms with Crippen LogP contribution >= 0.6 is 0 Å². The maximum atomic E-state index is 12.4. The second kappa shape index (κ2) is 6.86. The highest BCUT2D eigenvalue weighted by molar-refractivity contribution is 5.79. The highest BCUT2D eigenvalue weighted by Gasteiger charge is 2.30. The molecule has 0 saturated carbocycles. The van der Waals surface area contributed by atoms with Crippen LogP contribution in [0.15, 0.2) is 36.8 Å². The molecule has 1 aliphatic heterocycles. The van der Waals surface area contributed by atoms with Gasteiger partial charge < -0.3 is 14.8 Å². The SMILES string of the molecule is CC(=O)N1CCc2ccccc2C1CC(=O)NCc1cncn1C. The number of nitrogens with zero attached hydrogens (tertiary/aromatic N) is 3. The lowest BCUT2D eigenvalue weighted by atomic mass is 9.90. The Morgan fingerprint density at radius 3 is 2.83 bits per heavy atom. The van der Waals surface area contributed by atoms with Crippen LogP contribution in [0.25, 0.3) is 0 Å². The third-order valence-electron chi connectivity index (χ3n) is 4.58. The van der Waals surface area contributed by atoms with Crippen LogP contribution in [0.5, 0.6) is 0 Å². The van der Waals surface area contributed by atoms with Crippen molar-refractivity contribution in [1.82, 2.24) is 19.8 Å². The second-order valence-electron chi connectivity index (χ2n) is 6.15. The van der Waals surface area contributed by atoms with Crippen LogP contribution in [0.3, 0.4) is 0 Å². The number of carbonyl (C=O) groups excluding carboxylic acids is 2.